The first-order valence-corrected chi connectivity index (χ1v) is 6.91. The minimum atomic E-state index is 0.160. The third-order valence-corrected chi connectivity index (χ3v) is 5.15. The number of rotatable bonds is 4. The minimum Gasteiger partial charge on any atom is -0.299 e. The SMILES string of the molecule is CCc1ccc(CC(=O)C2C(C)(C)C2(C)C)cc1. The molecular formula is C17H24O. The normalized spacial score (nSPS) is 20.7. The van der Waals surface area contributed by atoms with Crippen LogP contribution in [0.2, 0.25) is 0 Å². The van der Waals surface area contributed by atoms with Crippen molar-refractivity contribution in [3.63, 3.8) is 0 Å². The van der Waals surface area contributed by atoms with E-state index in [-0.39, 0.29) is 16.7 Å². The molecule has 1 aliphatic rings. The van der Waals surface area contributed by atoms with Gasteiger partial charge in [0.15, 0.2) is 0 Å². The molecule has 1 aromatic carbocycles. The Labute approximate surface area is 111 Å². The van der Waals surface area contributed by atoms with Crippen molar-refractivity contribution in [1.29, 1.82) is 0 Å². The van der Waals surface area contributed by atoms with Gasteiger partial charge in [0, 0.05) is 12.3 Å². The van der Waals surface area contributed by atoms with Gasteiger partial charge in [0.25, 0.3) is 0 Å². The first kappa shape index (κ1) is 13.3. The van der Waals surface area contributed by atoms with Crippen molar-refractivity contribution in [2.24, 2.45) is 16.7 Å². The number of ketones is 1. The molecule has 1 aromatic rings. The largest absolute Gasteiger partial charge is 0.299 e. The Balaban J connectivity index is 2.05. The van der Waals surface area contributed by atoms with Crippen molar-refractivity contribution in [3.05, 3.63) is 35.4 Å². The van der Waals surface area contributed by atoms with Gasteiger partial charge in [-0.05, 0) is 28.4 Å². The van der Waals surface area contributed by atoms with Crippen LogP contribution in [-0.4, -0.2) is 5.78 Å². The van der Waals surface area contributed by atoms with Crippen molar-refractivity contribution in [2.45, 2.75) is 47.5 Å². The number of Topliss-reactive ketones (excluding diaryl/α,β-unsaturated/α-hetero) is 1. The lowest BCUT2D eigenvalue weighted by molar-refractivity contribution is -0.120. The van der Waals surface area contributed by atoms with Crippen molar-refractivity contribution in [2.75, 3.05) is 0 Å². The van der Waals surface area contributed by atoms with Gasteiger partial charge in [-0.3, -0.25) is 4.79 Å². The fourth-order valence-corrected chi connectivity index (χ4v) is 3.20. The Morgan fingerprint density at radius 3 is 1.83 bits per heavy atom. The predicted molar refractivity (Wildman–Crippen MR) is 75.6 cm³/mol. The first-order chi connectivity index (χ1) is 8.30. The second-order valence-corrected chi connectivity index (χ2v) is 6.69. The molecule has 1 aliphatic carbocycles. The molecule has 0 atom stereocenters. The van der Waals surface area contributed by atoms with Crippen LogP contribution in [0.5, 0.6) is 0 Å². The molecule has 1 fully saturated rings. The number of benzene rings is 1. The summed E-state index contributed by atoms with van der Waals surface area (Å²) in [4.78, 5) is 12.4. The monoisotopic (exact) mass is 244 g/mol. The van der Waals surface area contributed by atoms with E-state index >= 15 is 0 Å². The van der Waals surface area contributed by atoms with Crippen LogP contribution in [0.15, 0.2) is 24.3 Å². The van der Waals surface area contributed by atoms with E-state index in [1.54, 1.807) is 0 Å². The average Bonchev–Trinajstić information content (AvgIpc) is 2.70. The number of carbonyl (C=O) groups excluding carboxylic acids is 1. The van der Waals surface area contributed by atoms with E-state index in [1.807, 2.05) is 0 Å². The molecule has 0 heterocycles. The lowest BCUT2D eigenvalue weighted by Crippen LogP contribution is -2.10. The average molecular weight is 244 g/mol. The predicted octanol–water partition coefficient (Wildman–Crippen LogP) is 4.04. The molecule has 0 amide bonds. The lowest BCUT2D eigenvalue weighted by Gasteiger charge is -2.04. The van der Waals surface area contributed by atoms with E-state index < -0.39 is 0 Å². The molecule has 0 bridgehead atoms. The highest BCUT2D eigenvalue weighted by atomic mass is 16.1. The molecule has 0 aliphatic heterocycles. The minimum absolute atomic E-state index is 0.160. The molecule has 1 heteroatoms. The maximum absolute atomic E-state index is 12.4. The maximum atomic E-state index is 12.4. The Morgan fingerprint density at radius 2 is 1.44 bits per heavy atom. The van der Waals surface area contributed by atoms with Crippen molar-refractivity contribution < 1.29 is 4.79 Å². The third-order valence-electron chi connectivity index (χ3n) is 5.15. The van der Waals surface area contributed by atoms with Crippen LogP contribution in [0.4, 0.5) is 0 Å². The van der Waals surface area contributed by atoms with Gasteiger partial charge in [0.1, 0.15) is 5.78 Å². The molecule has 98 valence electrons. The van der Waals surface area contributed by atoms with Gasteiger partial charge in [-0.15, -0.1) is 0 Å². The van der Waals surface area contributed by atoms with Crippen molar-refractivity contribution >= 4 is 5.78 Å². The third kappa shape index (κ3) is 2.00. The van der Waals surface area contributed by atoms with Gasteiger partial charge >= 0.3 is 0 Å². The first-order valence-electron chi connectivity index (χ1n) is 6.91. The van der Waals surface area contributed by atoms with E-state index in [9.17, 15) is 4.79 Å². The smallest absolute Gasteiger partial charge is 0.141 e. The highest BCUT2D eigenvalue weighted by Crippen LogP contribution is 2.68. The van der Waals surface area contributed by atoms with Gasteiger partial charge in [-0.2, -0.15) is 0 Å². The van der Waals surface area contributed by atoms with Gasteiger partial charge in [-0.25, -0.2) is 0 Å². The summed E-state index contributed by atoms with van der Waals surface area (Å²) in [5.41, 5.74) is 2.80. The van der Waals surface area contributed by atoms with Crippen LogP contribution in [0, 0.1) is 16.7 Å². The maximum Gasteiger partial charge on any atom is 0.141 e. The molecule has 2 rings (SSSR count). The van der Waals surface area contributed by atoms with Crippen LogP contribution in [0.25, 0.3) is 0 Å². The van der Waals surface area contributed by atoms with Crippen LogP contribution >= 0.6 is 0 Å². The fraction of sp³-hybridized carbons (Fsp3) is 0.588. The standard InChI is InChI=1S/C17H24O/c1-6-12-7-9-13(10-8-12)11-14(18)15-16(2,3)17(15,4)5/h7-10,15H,6,11H2,1-5H3. The van der Waals surface area contributed by atoms with Crippen LogP contribution < -0.4 is 0 Å². The highest BCUT2D eigenvalue weighted by molar-refractivity contribution is 5.88. The van der Waals surface area contributed by atoms with Crippen LogP contribution in [-0.2, 0) is 17.6 Å². The number of aryl methyl sites for hydroxylation is 1. The summed E-state index contributed by atoms with van der Waals surface area (Å²) < 4.78 is 0. The molecular weight excluding hydrogens is 220 g/mol. The van der Waals surface area contributed by atoms with Gasteiger partial charge < -0.3 is 0 Å². The van der Waals surface area contributed by atoms with Crippen molar-refractivity contribution in [3.8, 4) is 0 Å². The van der Waals surface area contributed by atoms with E-state index in [1.165, 1.54) is 5.56 Å². The van der Waals surface area contributed by atoms with Gasteiger partial charge in [-0.1, -0.05) is 58.9 Å². The summed E-state index contributed by atoms with van der Waals surface area (Å²) >= 11 is 0. The summed E-state index contributed by atoms with van der Waals surface area (Å²) in [5.74, 6) is 0.616. The quantitative estimate of drug-likeness (QED) is 0.781. The van der Waals surface area contributed by atoms with E-state index in [0.717, 1.165) is 12.0 Å². The molecule has 0 spiro atoms. The van der Waals surface area contributed by atoms with Crippen LogP contribution in [0.1, 0.15) is 45.7 Å². The fourth-order valence-electron chi connectivity index (χ4n) is 3.20. The van der Waals surface area contributed by atoms with E-state index in [4.69, 9.17) is 0 Å². The molecule has 0 radical (unpaired) electrons. The summed E-state index contributed by atoms with van der Waals surface area (Å²) in [6.45, 7) is 11.0. The molecule has 0 N–H and O–H groups in total. The summed E-state index contributed by atoms with van der Waals surface area (Å²) in [6.07, 6.45) is 1.64. The number of carbonyl (C=O) groups is 1. The Morgan fingerprint density at radius 1 is 1.00 bits per heavy atom. The van der Waals surface area contributed by atoms with Gasteiger partial charge in [0.2, 0.25) is 0 Å². The summed E-state index contributed by atoms with van der Waals surface area (Å²) in [7, 11) is 0. The highest BCUT2D eigenvalue weighted by Gasteiger charge is 2.67. The summed E-state index contributed by atoms with van der Waals surface area (Å²) in [5, 5.41) is 0. The van der Waals surface area contributed by atoms with E-state index in [0.29, 0.717) is 12.2 Å². The van der Waals surface area contributed by atoms with Gasteiger partial charge in [0.05, 0.1) is 0 Å². The lowest BCUT2D eigenvalue weighted by atomic mass is 10.00. The number of hydrogen-bond acceptors (Lipinski definition) is 1. The zero-order valence-electron chi connectivity index (χ0n) is 12.2. The molecule has 1 nitrogen and oxygen atoms in total. The summed E-state index contributed by atoms with van der Waals surface area (Å²) in [6, 6.07) is 8.45. The van der Waals surface area contributed by atoms with Crippen molar-refractivity contribution in [1.82, 2.24) is 0 Å². The zero-order valence-corrected chi connectivity index (χ0v) is 12.2. The molecule has 0 unspecified atom stereocenters. The molecule has 18 heavy (non-hydrogen) atoms. The Bertz CT molecular complexity index is 437. The second kappa shape index (κ2) is 4.22. The zero-order chi connectivity index (χ0) is 13.6. The Hall–Kier alpha value is -1.11. The molecule has 0 aromatic heterocycles. The molecule has 1 saturated carbocycles. The Kier molecular flexibility index (Phi) is 3.12. The molecule has 0 saturated heterocycles. The topological polar surface area (TPSA) is 17.1 Å². The van der Waals surface area contributed by atoms with Crippen LogP contribution in [0.3, 0.4) is 0 Å². The second-order valence-electron chi connectivity index (χ2n) is 6.69. The van der Waals surface area contributed by atoms with E-state index in [2.05, 4.69) is 58.9 Å². The number of hydrogen-bond donors (Lipinski definition) is 0.